The molecule has 2 aliphatic heterocycles. The molecule has 146 valence electrons. The number of imidazole rings is 1. The molecule has 2 aliphatic rings. The van der Waals surface area contributed by atoms with E-state index in [1.54, 1.807) is 12.1 Å². The van der Waals surface area contributed by atoms with Gasteiger partial charge in [0, 0.05) is 44.2 Å². The summed E-state index contributed by atoms with van der Waals surface area (Å²) in [4.78, 5) is 7.43. The Bertz CT molecular complexity index is 938. The van der Waals surface area contributed by atoms with Gasteiger partial charge in [-0.15, -0.1) is 0 Å². The van der Waals surface area contributed by atoms with Crippen LogP contribution < -0.4 is 5.32 Å². The summed E-state index contributed by atoms with van der Waals surface area (Å²) in [6.07, 6.45) is 3.34. The molecule has 0 spiro atoms. The van der Waals surface area contributed by atoms with E-state index >= 15 is 0 Å². The Morgan fingerprint density at radius 3 is 2.61 bits per heavy atom. The molecule has 3 heterocycles. The van der Waals surface area contributed by atoms with Crippen LogP contribution in [0.2, 0.25) is 0 Å². The first-order valence-electron chi connectivity index (χ1n) is 10.4. The third-order valence-corrected chi connectivity index (χ3v) is 6.28. The van der Waals surface area contributed by atoms with Crippen LogP contribution >= 0.6 is 0 Å². The first-order chi connectivity index (χ1) is 13.8. The minimum Gasteiger partial charge on any atom is -0.324 e. The van der Waals surface area contributed by atoms with Crippen molar-refractivity contribution in [2.45, 2.75) is 37.8 Å². The maximum atomic E-state index is 13.8. The first kappa shape index (κ1) is 17.8. The molecule has 28 heavy (non-hydrogen) atoms. The molecule has 5 heteroatoms. The molecule has 0 aliphatic carbocycles. The van der Waals surface area contributed by atoms with Gasteiger partial charge in [-0.05, 0) is 43.5 Å². The highest BCUT2D eigenvalue weighted by atomic mass is 19.1. The summed E-state index contributed by atoms with van der Waals surface area (Å²) < 4.78 is 16.2. The lowest BCUT2D eigenvalue weighted by molar-refractivity contribution is 0.179. The van der Waals surface area contributed by atoms with Crippen LogP contribution in [0.1, 0.15) is 42.6 Å². The van der Waals surface area contributed by atoms with Crippen LogP contribution in [-0.4, -0.2) is 40.6 Å². The molecule has 2 saturated heterocycles. The van der Waals surface area contributed by atoms with Crippen LogP contribution in [-0.2, 0) is 6.54 Å². The van der Waals surface area contributed by atoms with E-state index in [1.807, 2.05) is 6.07 Å². The van der Waals surface area contributed by atoms with E-state index in [9.17, 15) is 4.39 Å². The summed E-state index contributed by atoms with van der Waals surface area (Å²) in [5.74, 6) is 1.37. The molecule has 0 radical (unpaired) electrons. The summed E-state index contributed by atoms with van der Waals surface area (Å²) >= 11 is 0. The zero-order valence-corrected chi connectivity index (χ0v) is 16.1. The Labute approximate surface area is 165 Å². The highest BCUT2D eigenvalue weighted by Crippen LogP contribution is 2.34. The molecular weight excluding hydrogens is 351 g/mol. The molecule has 0 saturated carbocycles. The van der Waals surface area contributed by atoms with Gasteiger partial charge in [0.15, 0.2) is 0 Å². The van der Waals surface area contributed by atoms with E-state index in [0.29, 0.717) is 12.0 Å². The summed E-state index contributed by atoms with van der Waals surface area (Å²) in [7, 11) is 0. The molecular formula is C23H27FN4. The van der Waals surface area contributed by atoms with Crippen molar-refractivity contribution in [1.82, 2.24) is 19.8 Å². The van der Waals surface area contributed by atoms with Crippen molar-refractivity contribution in [3.8, 4) is 0 Å². The van der Waals surface area contributed by atoms with Gasteiger partial charge in [0.25, 0.3) is 0 Å². The minimum atomic E-state index is -0.203. The maximum absolute atomic E-state index is 13.8. The fourth-order valence-corrected chi connectivity index (χ4v) is 4.81. The summed E-state index contributed by atoms with van der Waals surface area (Å²) in [6.45, 7) is 5.20. The number of likely N-dealkylation sites (tertiary alicyclic amines) is 1. The maximum Gasteiger partial charge on any atom is 0.125 e. The average Bonchev–Trinajstić information content (AvgIpc) is 3.37. The van der Waals surface area contributed by atoms with Gasteiger partial charge in [0.2, 0.25) is 0 Å². The number of halogens is 1. The lowest BCUT2D eigenvalue weighted by Crippen LogP contribution is -2.34. The van der Waals surface area contributed by atoms with Crippen LogP contribution in [0.4, 0.5) is 4.39 Å². The van der Waals surface area contributed by atoms with Gasteiger partial charge < -0.3 is 9.88 Å². The van der Waals surface area contributed by atoms with Gasteiger partial charge in [-0.3, -0.25) is 4.90 Å². The largest absolute Gasteiger partial charge is 0.324 e. The molecule has 1 N–H and O–H groups in total. The van der Waals surface area contributed by atoms with Crippen molar-refractivity contribution in [1.29, 1.82) is 0 Å². The summed E-state index contributed by atoms with van der Waals surface area (Å²) in [5.41, 5.74) is 3.26. The lowest BCUT2D eigenvalue weighted by atomic mass is 10.0. The van der Waals surface area contributed by atoms with E-state index < -0.39 is 0 Å². The second-order valence-corrected chi connectivity index (χ2v) is 8.16. The normalized spacial score (nSPS) is 21.5. The van der Waals surface area contributed by atoms with E-state index in [2.05, 4.69) is 45.1 Å². The fourth-order valence-electron chi connectivity index (χ4n) is 4.81. The molecule has 1 aromatic heterocycles. The summed E-state index contributed by atoms with van der Waals surface area (Å²) in [6, 6.07) is 16.2. The average molecular weight is 378 g/mol. The molecule has 2 fully saturated rings. The number of aromatic nitrogens is 2. The van der Waals surface area contributed by atoms with Crippen molar-refractivity contribution >= 4 is 11.0 Å². The quantitative estimate of drug-likeness (QED) is 0.742. The number of fused-ring (bicyclic) bond motifs is 1. The van der Waals surface area contributed by atoms with E-state index in [-0.39, 0.29) is 5.82 Å². The molecule has 3 aromatic rings. The Balaban J connectivity index is 1.39. The van der Waals surface area contributed by atoms with Crippen molar-refractivity contribution in [3.05, 3.63) is 65.7 Å². The highest BCUT2D eigenvalue weighted by molar-refractivity contribution is 5.76. The Morgan fingerprint density at radius 2 is 1.86 bits per heavy atom. The molecule has 0 unspecified atom stereocenters. The van der Waals surface area contributed by atoms with Crippen molar-refractivity contribution in [2.75, 3.05) is 26.2 Å². The lowest BCUT2D eigenvalue weighted by Gasteiger charge is -2.34. The number of hydrogen-bond acceptors (Lipinski definition) is 3. The second kappa shape index (κ2) is 7.64. The zero-order valence-electron chi connectivity index (χ0n) is 16.1. The van der Waals surface area contributed by atoms with E-state index in [4.69, 9.17) is 4.98 Å². The van der Waals surface area contributed by atoms with Crippen molar-refractivity contribution < 1.29 is 4.39 Å². The van der Waals surface area contributed by atoms with Gasteiger partial charge in [0.1, 0.15) is 11.6 Å². The van der Waals surface area contributed by atoms with Crippen LogP contribution in [0, 0.1) is 5.82 Å². The van der Waals surface area contributed by atoms with Crippen LogP contribution in [0.25, 0.3) is 11.0 Å². The third-order valence-electron chi connectivity index (χ3n) is 6.28. The summed E-state index contributed by atoms with van der Waals surface area (Å²) in [5, 5.41) is 3.46. The molecule has 5 rings (SSSR count). The highest BCUT2D eigenvalue weighted by Gasteiger charge is 2.29. The standard InChI is InChI=1S/C23H27FN4/c24-19-6-7-22-21(14-19)26-23(18-8-11-25-15-18)28(22)20-9-12-27(13-10-20)16-17-4-2-1-3-5-17/h1-7,14,18,20,25H,8-13,15-16H2/t18-/m1/s1. The van der Waals surface area contributed by atoms with Crippen LogP contribution in [0.3, 0.4) is 0 Å². The van der Waals surface area contributed by atoms with Crippen LogP contribution in [0.5, 0.6) is 0 Å². The van der Waals surface area contributed by atoms with Gasteiger partial charge in [-0.2, -0.15) is 0 Å². The predicted molar refractivity (Wildman–Crippen MR) is 110 cm³/mol. The fraction of sp³-hybridized carbons (Fsp3) is 0.435. The van der Waals surface area contributed by atoms with Gasteiger partial charge in [-0.25, -0.2) is 9.37 Å². The van der Waals surface area contributed by atoms with Gasteiger partial charge in [0.05, 0.1) is 11.0 Å². The number of hydrogen-bond donors (Lipinski definition) is 1. The Kier molecular flexibility index (Phi) is 4.87. The smallest absolute Gasteiger partial charge is 0.125 e. The number of nitrogens with one attached hydrogen (secondary N) is 1. The van der Waals surface area contributed by atoms with Crippen molar-refractivity contribution in [3.63, 3.8) is 0 Å². The SMILES string of the molecule is Fc1ccc2c(c1)nc([C@@H]1CCNC1)n2C1CCN(Cc2ccccc2)CC1. The Hall–Kier alpha value is -2.24. The number of rotatable bonds is 4. The predicted octanol–water partition coefficient (Wildman–Crippen LogP) is 4.09. The molecule has 1 atom stereocenters. The van der Waals surface area contributed by atoms with E-state index in [0.717, 1.165) is 68.8 Å². The minimum absolute atomic E-state index is 0.203. The van der Waals surface area contributed by atoms with Gasteiger partial charge >= 0.3 is 0 Å². The number of piperidine rings is 1. The number of nitrogens with zero attached hydrogens (tertiary/aromatic N) is 3. The first-order valence-corrected chi connectivity index (χ1v) is 10.4. The Morgan fingerprint density at radius 1 is 1.04 bits per heavy atom. The van der Waals surface area contributed by atoms with E-state index in [1.165, 1.54) is 5.56 Å². The molecule has 0 amide bonds. The monoisotopic (exact) mass is 378 g/mol. The number of benzene rings is 2. The third kappa shape index (κ3) is 3.45. The molecule has 0 bridgehead atoms. The van der Waals surface area contributed by atoms with Crippen molar-refractivity contribution in [2.24, 2.45) is 0 Å². The van der Waals surface area contributed by atoms with Gasteiger partial charge in [-0.1, -0.05) is 30.3 Å². The zero-order chi connectivity index (χ0) is 18.9. The second-order valence-electron chi connectivity index (χ2n) is 8.16. The topological polar surface area (TPSA) is 33.1 Å². The molecule has 4 nitrogen and oxygen atoms in total. The molecule has 2 aromatic carbocycles. The van der Waals surface area contributed by atoms with Crippen LogP contribution in [0.15, 0.2) is 48.5 Å².